The number of para-hydroxylation sites is 2. The lowest BCUT2D eigenvalue weighted by atomic mass is 9.96. The summed E-state index contributed by atoms with van der Waals surface area (Å²) in [7, 11) is 0. The smallest absolute Gasteiger partial charge is 0.136 e. The van der Waals surface area contributed by atoms with Crippen molar-refractivity contribution in [1.82, 2.24) is 4.98 Å². The average Bonchev–Trinajstić information content (AvgIpc) is 3.13. The van der Waals surface area contributed by atoms with Crippen molar-refractivity contribution in [2.75, 3.05) is 6.54 Å². The lowest BCUT2D eigenvalue weighted by molar-refractivity contribution is 0.484. The topological polar surface area (TPSA) is 51.0 Å². The van der Waals surface area contributed by atoms with Gasteiger partial charge in [0.1, 0.15) is 11.5 Å². The van der Waals surface area contributed by atoms with Crippen molar-refractivity contribution in [1.29, 1.82) is 0 Å². The van der Waals surface area contributed by atoms with Gasteiger partial charge in [-0.05, 0) is 80.6 Å². The van der Waals surface area contributed by atoms with Crippen molar-refractivity contribution in [3.05, 3.63) is 83.4 Å². The Bertz CT molecular complexity index is 1110. The molecule has 0 radical (unpaired) electrons. The van der Waals surface area contributed by atoms with Gasteiger partial charge in [0.2, 0.25) is 0 Å². The monoisotopic (exact) mass is 384 g/mol. The Morgan fingerprint density at radius 3 is 2.34 bits per heavy atom. The molecule has 4 rings (SSSR count). The normalized spacial score (nSPS) is 11.1. The van der Waals surface area contributed by atoms with Gasteiger partial charge in [-0.15, -0.1) is 0 Å². The SMILES string of the molecule is Cc1ccc(C)c2c(CCCCN)c(-c3ccccc3Oc3ccccc3)[nH]c12. The highest BCUT2D eigenvalue weighted by molar-refractivity contribution is 5.95. The van der Waals surface area contributed by atoms with Crippen LogP contribution in [0.4, 0.5) is 0 Å². The fourth-order valence-corrected chi connectivity index (χ4v) is 3.99. The van der Waals surface area contributed by atoms with Crippen LogP contribution in [-0.2, 0) is 6.42 Å². The average molecular weight is 385 g/mol. The zero-order chi connectivity index (χ0) is 20.2. The number of benzene rings is 3. The molecule has 3 nitrogen and oxygen atoms in total. The van der Waals surface area contributed by atoms with E-state index in [2.05, 4.69) is 43.1 Å². The second-order valence-electron chi connectivity index (χ2n) is 7.58. The van der Waals surface area contributed by atoms with Gasteiger partial charge in [-0.1, -0.05) is 42.5 Å². The first kappa shape index (κ1) is 19.3. The molecule has 0 saturated carbocycles. The third-order valence-corrected chi connectivity index (χ3v) is 5.48. The van der Waals surface area contributed by atoms with Gasteiger partial charge in [0.25, 0.3) is 0 Å². The lowest BCUT2D eigenvalue weighted by Gasteiger charge is -2.12. The van der Waals surface area contributed by atoms with Crippen LogP contribution >= 0.6 is 0 Å². The number of H-pyrrole nitrogens is 1. The van der Waals surface area contributed by atoms with Crippen LogP contribution in [-0.4, -0.2) is 11.5 Å². The molecule has 3 heteroatoms. The minimum absolute atomic E-state index is 0.726. The van der Waals surface area contributed by atoms with Crippen LogP contribution in [0.3, 0.4) is 0 Å². The van der Waals surface area contributed by atoms with Crippen LogP contribution in [0, 0.1) is 13.8 Å². The number of hydrogen-bond donors (Lipinski definition) is 2. The van der Waals surface area contributed by atoms with Gasteiger partial charge in [-0.25, -0.2) is 0 Å². The number of aromatic amines is 1. The minimum atomic E-state index is 0.726. The molecule has 148 valence electrons. The summed E-state index contributed by atoms with van der Waals surface area (Å²) >= 11 is 0. The zero-order valence-electron chi connectivity index (χ0n) is 17.2. The molecule has 29 heavy (non-hydrogen) atoms. The molecule has 0 bridgehead atoms. The third kappa shape index (κ3) is 3.92. The molecular formula is C26H28N2O. The minimum Gasteiger partial charge on any atom is -0.457 e. The van der Waals surface area contributed by atoms with E-state index in [1.807, 2.05) is 42.5 Å². The highest BCUT2D eigenvalue weighted by Gasteiger charge is 2.18. The van der Waals surface area contributed by atoms with E-state index in [1.165, 1.54) is 27.6 Å². The summed E-state index contributed by atoms with van der Waals surface area (Å²) in [6.07, 6.45) is 3.10. The second kappa shape index (κ2) is 8.54. The van der Waals surface area contributed by atoms with Crippen molar-refractivity contribution in [3.8, 4) is 22.8 Å². The summed E-state index contributed by atoms with van der Waals surface area (Å²) in [6, 6.07) is 22.6. The molecule has 3 aromatic carbocycles. The first-order valence-corrected chi connectivity index (χ1v) is 10.3. The van der Waals surface area contributed by atoms with E-state index < -0.39 is 0 Å². The molecular weight excluding hydrogens is 356 g/mol. The maximum absolute atomic E-state index is 6.26. The summed E-state index contributed by atoms with van der Waals surface area (Å²) in [4.78, 5) is 3.73. The van der Waals surface area contributed by atoms with E-state index in [1.54, 1.807) is 0 Å². The number of hydrogen-bond acceptors (Lipinski definition) is 2. The lowest BCUT2D eigenvalue weighted by Crippen LogP contribution is -1.99. The Morgan fingerprint density at radius 1 is 0.828 bits per heavy atom. The van der Waals surface area contributed by atoms with E-state index in [-0.39, 0.29) is 0 Å². The molecule has 0 unspecified atom stereocenters. The van der Waals surface area contributed by atoms with Crippen molar-refractivity contribution in [2.45, 2.75) is 33.1 Å². The van der Waals surface area contributed by atoms with Gasteiger partial charge < -0.3 is 15.5 Å². The Hall–Kier alpha value is -3.04. The largest absolute Gasteiger partial charge is 0.457 e. The molecule has 0 saturated heterocycles. The van der Waals surface area contributed by atoms with Gasteiger partial charge in [-0.2, -0.15) is 0 Å². The van der Waals surface area contributed by atoms with Gasteiger partial charge in [0, 0.05) is 16.5 Å². The fourth-order valence-electron chi connectivity index (χ4n) is 3.99. The van der Waals surface area contributed by atoms with Crippen molar-refractivity contribution >= 4 is 10.9 Å². The molecule has 0 fully saturated rings. The van der Waals surface area contributed by atoms with Crippen molar-refractivity contribution in [3.63, 3.8) is 0 Å². The fraction of sp³-hybridized carbons (Fsp3) is 0.231. The van der Waals surface area contributed by atoms with Crippen LogP contribution in [0.2, 0.25) is 0 Å². The highest BCUT2D eigenvalue weighted by atomic mass is 16.5. The number of aryl methyl sites for hydroxylation is 3. The van der Waals surface area contributed by atoms with E-state index in [0.29, 0.717) is 0 Å². The molecule has 1 aromatic heterocycles. The Balaban J connectivity index is 1.86. The number of nitrogens with one attached hydrogen (secondary N) is 1. The molecule has 0 spiro atoms. The molecule has 4 aromatic rings. The molecule has 0 aliphatic rings. The third-order valence-electron chi connectivity index (χ3n) is 5.48. The van der Waals surface area contributed by atoms with E-state index >= 15 is 0 Å². The van der Waals surface area contributed by atoms with E-state index in [0.717, 1.165) is 48.6 Å². The predicted molar refractivity (Wildman–Crippen MR) is 122 cm³/mol. The van der Waals surface area contributed by atoms with Gasteiger partial charge in [0.05, 0.1) is 5.69 Å². The molecule has 1 heterocycles. The van der Waals surface area contributed by atoms with Crippen LogP contribution in [0.25, 0.3) is 22.2 Å². The van der Waals surface area contributed by atoms with Crippen LogP contribution < -0.4 is 10.5 Å². The number of ether oxygens (including phenoxy) is 1. The first-order chi connectivity index (χ1) is 14.2. The molecule has 0 aliphatic heterocycles. The summed E-state index contributed by atoms with van der Waals surface area (Å²) < 4.78 is 6.26. The predicted octanol–water partition coefficient (Wildman–Crippen LogP) is 6.53. The maximum atomic E-state index is 6.26. The molecule has 0 aliphatic carbocycles. The number of fused-ring (bicyclic) bond motifs is 1. The summed E-state index contributed by atoms with van der Waals surface area (Å²) in [5, 5.41) is 1.34. The number of aromatic nitrogens is 1. The summed E-state index contributed by atoms with van der Waals surface area (Å²) in [5.41, 5.74) is 13.2. The summed E-state index contributed by atoms with van der Waals surface area (Å²) in [6.45, 7) is 5.08. The number of nitrogens with two attached hydrogens (primary N) is 1. The number of rotatable bonds is 7. The highest BCUT2D eigenvalue weighted by Crippen LogP contribution is 2.39. The standard InChI is InChI=1S/C26H28N2O/c1-18-15-16-19(2)25-24(18)22(13-8-9-17-27)26(28-25)21-12-6-7-14-23(21)29-20-10-4-3-5-11-20/h3-7,10-12,14-16,28H,8-9,13,17,27H2,1-2H3. The quantitative estimate of drug-likeness (QED) is 0.356. The first-order valence-electron chi connectivity index (χ1n) is 10.3. The van der Waals surface area contributed by atoms with E-state index in [4.69, 9.17) is 10.5 Å². The van der Waals surface area contributed by atoms with Gasteiger partial charge in [-0.3, -0.25) is 0 Å². The van der Waals surface area contributed by atoms with E-state index in [9.17, 15) is 0 Å². The Labute approximate surface area is 172 Å². The molecule has 0 atom stereocenters. The molecule has 0 amide bonds. The summed E-state index contributed by atoms with van der Waals surface area (Å²) in [5.74, 6) is 1.70. The molecule has 3 N–H and O–H groups in total. The van der Waals surface area contributed by atoms with Crippen molar-refractivity contribution in [2.24, 2.45) is 5.73 Å². The Morgan fingerprint density at radius 2 is 1.55 bits per heavy atom. The van der Waals surface area contributed by atoms with Crippen LogP contribution in [0.15, 0.2) is 66.7 Å². The van der Waals surface area contributed by atoms with Crippen LogP contribution in [0.1, 0.15) is 29.5 Å². The maximum Gasteiger partial charge on any atom is 0.136 e. The Kier molecular flexibility index (Phi) is 5.68. The van der Waals surface area contributed by atoms with Gasteiger partial charge in [0.15, 0.2) is 0 Å². The van der Waals surface area contributed by atoms with Gasteiger partial charge >= 0.3 is 0 Å². The number of unbranched alkanes of at least 4 members (excludes halogenated alkanes) is 1. The van der Waals surface area contributed by atoms with Crippen LogP contribution in [0.5, 0.6) is 11.5 Å². The van der Waals surface area contributed by atoms with Crippen molar-refractivity contribution < 1.29 is 4.74 Å². The zero-order valence-corrected chi connectivity index (χ0v) is 17.2. The second-order valence-corrected chi connectivity index (χ2v) is 7.58.